The molecule has 0 amide bonds. The summed E-state index contributed by atoms with van der Waals surface area (Å²) in [4.78, 5) is 15.6. The van der Waals surface area contributed by atoms with Gasteiger partial charge in [0.25, 0.3) is 0 Å². The Labute approximate surface area is 141 Å². The van der Waals surface area contributed by atoms with E-state index < -0.39 is 0 Å². The van der Waals surface area contributed by atoms with Crippen molar-refractivity contribution >= 4 is 17.0 Å². The molecule has 0 bridgehead atoms. The number of rotatable bonds is 3. The molecule has 3 aromatic heterocycles. The molecule has 1 aliphatic heterocycles. The van der Waals surface area contributed by atoms with Gasteiger partial charge in [0.1, 0.15) is 11.3 Å². The molecule has 0 radical (unpaired) electrons. The first-order valence-electron chi connectivity index (χ1n) is 8.53. The van der Waals surface area contributed by atoms with E-state index in [0.29, 0.717) is 5.92 Å². The molecule has 6 nitrogen and oxygen atoms in total. The van der Waals surface area contributed by atoms with Crippen molar-refractivity contribution in [3.63, 3.8) is 0 Å². The average molecular weight is 322 g/mol. The van der Waals surface area contributed by atoms with Crippen LogP contribution in [0.15, 0.2) is 30.6 Å². The third-order valence-electron chi connectivity index (χ3n) is 4.79. The van der Waals surface area contributed by atoms with Gasteiger partial charge < -0.3 is 4.90 Å². The second kappa shape index (κ2) is 6.19. The van der Waals surface area contributed by atoms with Gasteiger partial charge in [-0.2, -0.15) is 5.10 Å². The van der Waals surface area contributed by atoms with Crippen molar-refractivity contribution in [1.29, 1.82) is 0 Å². The summed E-state index contributed by atoms with van der Waals surface area (Å²) >= 11 is 0. The SMILES string of the molecule is Cc1cc(C)n(CC2CCN(c3ccc4nccnc4n3)CC2)n1. The molecule has 0 saturated carbocycles. The molecule has 0 N–H and O–H groups in total. The lowest BCUT2D eigenvalue weighted by Gasteiger charge is -2.33. The Balaban J connectivity index is 1.42. The molecule has 4 heterocycles. The van der Waals surface area contributed by atoms with Crippen LogP contribution < -0.4 is 4.90 Å². The summed E-state index contributed by atoms with van der Waals surface area (Å²) in [6.07, 6.45) is 5.73. The Kier molecular flexibility index (Phi) is 3.88. The number of aromatic nitrogens is 5. The largest absolute Gasteiger partial charge is 0.357 e. The summed E-state index contributed by atoms with van der Waals surface area (Å²) < 4.78 is 2.15. The van der Waals surface area contributed by atoms with Crippen LogP contribution in [0.4, 0.5) is 5.82 Å². The van der Waals surface area contributed by atoms with Gasteiger partial charge in [-0.15, -0.1) is 0 Å². The zero-order valence-electron chi connectivity index (χ0n) is 14.2. The zero-order valence-corrected chi connectivity index (χ0v) is 14.2. The average Bonchev–Trinajstić information content (AvgIpc) is 2.92. The number of aryl methyl sites for hydroxylation is 2. The van der Waals surface area contributed by atoms with E-state index in [2.05, 4.69) is 55.6 Å². The monoisotopic (exact) mass is 322 g/mol. The summed E-state index contributed by atoms with van der Waals surface area (Å²) in [5, 5.41) is 4.59. The Morgan fingerprint density at radius 3 is 2.62 bits per heavy atom. The van der Waals surface area contributed by atoms with Gasteiger partial charge in [0.15, 0.2) is 5.65 Å². The van der Waals surface area contributed by atoms with E-state index in [1.54, 1.807) is 12.4 Å². The molecule has 0 aliphatic carbocycles. The van der Waals surface area contributed by atoms with Crippen molar-refractivity contribution in [1.82, 2.24) is 24.7 Å². The molecule has 0 spiro atoms. The highest BCUT2D eigenvalue weighted by Crippen LogP contribution is 2.24. The van der Waals surface area contributed by atoms with E-state index in [0.717, 1.165) is 42.3 Å². The molecule has 0 aromatic carbocycles. The number of hydrogen-bond donors (Lipinski definition) is 0. The Morgan fingerprint density at radius 1 is 1.08 bits per heavy atom. The summed E-state index contributed by atoms with van der Waals surface area (Å²) in [5.41, 5.74) is 3.93. The number of piperidine rings is 1. The third kappa shape index (κ3) is 2.96. The minimum atomic E-state index is 0.680. The van der Waals surface area contributed by atoms with Crippen molar-refractivity contribution in [3.8, 4) is 0 Å². The lowest BCUT2D eigenvalue weighted by molar-refractivity contribution is 0.338. The molecule has 124 valence electrons. The Bertz CT molecular complexity index is 848. The highest BCUT2D eigenvalue weighted by atomic mass is 15.3. The van der Waals surface area contributed by atoms with Crippen LogP contribution in [-0.2, 0) is 6.54 Å². The number of pyridine rings is 1. The molecule has 3 aromatic rings. The van der Waals surface area contributed by atoms with Crippen LogP contribution in [0.1, 0.15) is 24.2 Å². The lowest BCUT2D eigenvalue weighted by atomic mass is 9.97. The third-order valence-corrected chi connectivity index (χ3v) is 4.79. The smallest absolute Gasteiger partial charge is 0.180 e. The maximum Gasteiger partial charge on any atom is 0.180 e. The van der Waals surface area contributed by atoms with Crippen LogP contribution in [0.5, 0.6) is 0 Å². The highest BCUT2D eigenvalue weighted by Gasteiger charge is 2.21. The van der Waals surface area contributed by atoms with Gasteiger partial charge in [-0.05, 0) is 50.8 Å². The van der Waals surface area contributed by atoms with Gasteiger partial charge in [0.05, 0.1) is 5.69 Å². The van der Waals surface area contributed by atoms with Crippen LogP contribution >= 0.6 is 0 Å². The molecular weight excluding hydrogens is 300 g/mol. The van der Waals surface area contributed by atoms with Gasteiger partial charge >= 0.3 is 0 Å². The first-order chi connectivity index (χ1) is 11.7. The summed E-state index contributed by atoms with van der Waals surface area (Å²) in [7, 11) is 0. The minimum absolute atomic E-state index is 0.680. The van der Waals surface area contributed by atoms with Gasteiger partial charge in [-0.3, -0.25) is 9.67 Å². The normalized spacial score (nSPS) is 16.0. The van der Waals surface area contributed by atoms with Gasteiger partial charge in [0.2, 0.25) is 0 Å². The maximum atomic E-state index is 4.66. The number of hydrogen-bond acceptors (Lipinski definition) is 5. The van der Waals surface area contributed by atoms with E-state index in [1.807, 2.05) is 6.07 Å². The molecule has 0 unspecified atom stereocenters. The predicted octanol–water partition coefficient (Wildman–Crippen LogP) is 2.75. The van der Waals surface area contributed by atoms with Crippen molar-refractivity contribution < 1.29 is 0 Å². The molecule has 1 aliphatic rings. The van der Waals surface area contributed by atoms with E-state index in [4.69, 9.17) is 0 Å². The Morgan fingerprint density at radius 2 is 1.88 bits per heavy atom. The number of nitrogens with zero attached hydrogens (tertiary/aromatic N) is 6. The van der Waals surface area contributed by atoms with Crippen LogP contribution in [0.2, 0.25) is 0 Å². The van der Waals surface area contributed by atoms with Crippen LogP contribution in [0.25, 0.3) is 11.2 Å². The summed E-state index contributed by atoms with van der Waals surface area (Å²) in [6.45, 7) is 7.27. The second-order valence-electron chi connectivity index (χ2n) is 6.61. The molecule has 24 heavy (non-hydrogen) atoms. The zero-order chi connectivity index (χ0) is 16.5. The van der Waals surface area contributed by atoms with Crippen LogP contribution in [0, 0.1) is 19.8 Å². The van der Waals surface area contributed by atoms with Crippen molar-refractivity contribution in [2.45, 2.75) is 33.2 Å². The van der Waals surface area contributed by atoms with Crippen LogP contribution in [0.3, 0.4) is 0 Å². The Hall–Kier alpha value is -2.50. The molecule has 6 heteroatoms. The minimum Gasteiger partial charge on any atom is -0.357 e. The van der Waals surface area contributed by atoms with E-state index in [9.17, 15) is 0 Å². The van der Waals surface area contributed by atoms with Gasteiger partial charge in [-0.1, -0.05) is 0 Å². The second-order valence-corrected chi connectivity index (χ2v) is 6.61. The van der Waals surface area contributed by atoms with Crippen molar-refractivity contribution in [2.75, 3.05) is 18.0 Å². The first kappa shape index (κ1) is 15.1. The molecule has 0 atom stereocenters. The van der Waals surface area contributed by atoms with Crippen molar-refractivity contribution in [2.24, 2.45) is 5.92 Å². The molecular formula is C18H22N6. The number of anilines is 1. The lowest BCUT2D eigenvalue weighted by Crippen LogP contribution is -2.35. The highest BCUT2D eigenvalue weighted by molar-refractivity contribution is 5.71. The van der Waals surface area contributed by atoms with Gasteiger partial charge in [0, 0.05) is 37.7 Å². The van der Waals surface area contributed by atoms with E-state index in [1.165, 1.54) is 18.5 Å². The molecule has 1 saturated heterocycles. The van der Waals surface area contributed by atoms with E-state index >= 15 is 0 Å². The fourth-order valence-corrected chi connectivity index (χ4v) is 3.47. The molecule has 1 fully saturated rings. The fraction of sp³-hybridized carbons (Fsp3) is 0.444. The summed E-state index contributed by atoms with van der Waals surface area (Å²) in [6, 6.07) is 6.21. The summed E-state index contributed by atoms with van der Waals surface area (Å²) in [5.74, 6) is 1.69. The maximum absolute atomic E-state index is 4.66. The fourth-order valence-electron chi connectivity index (χ4n) is 3.47. The van der Waals surface area contributed by atoms with E-state index in [-0.39, 0.29) is 0 Å². The number of fused-ring (bicyclic) bond motifs is 1. The standard InChI is InChI=1S/C18H22N6/c1-13-11-14(2)24(22-13)12-15-5-9-23(10-6-15)17-4-3-16-18(21-17)20-8-7-19-16/h3-4,7-8,11,15H,5-6,9-10,12H2,1-2H3. The van der Waals surface area contributed by atoms with Crippen molar-refractivity contribution in [3.05, 3.63) is 42.0 Å². The molecule has 4 rings (SSSR count). The van der Waals surface area contributed by atoms with Crippen LogP contribution in [-0.4, -0.2) is 37.8 Å². The topological polar surface area (TPSA) is 59.7 Å². The predicted molar refractivity (Wildman–Crippen MR) is 94.0 cm³/mol. The quantitative estimate of drug-likeness (QED) is 0.742. The first-order valence-corrected chi connectivity index (χ1v) is 8.53. The van der Waals surface area contributed by atoms with Gasteiger partial charge in [-0.25, -0.2) is 9.97 Å².